The van der Waals surface area contributed by atoms with Crippen LogP contribution in [0.2, 0.25) is 0 Å². The maximum absolute atomic E-state index is 13.0. The molecular weight excluding hydrogens is 320 g/mol. The van der Waals surface area contributed by atoms with Gasteiger partial charge in [0.1, 0.15) is 6.04 Å². The Morgan fingerprint density at radius 2 is 1.68 bits per heavy atom. The van der Waals surface area contributed by atoms with Crippen LogP contribution in [0.3, 0.4) is 0 Å². The average Bonchev–Trinajstić information content (AvgIpc) is 3.52. The van der Waals surface area contributed by atoms with E-state index in [1.807, 2.05) is 9.80 Å². The molecule has 2 aliphatic heterocycles. The molecule has 7 nitrogen and oxygen atoms in total. The molecule has 2 aliphatic carbocycles. The Labute approximate surface area is 148 Å². The molecule has 1 N–H and O–H groups in total. The van der Waals surface area contributed by atoms with E-state index in [1.54, 1.807) is 4.90 Å². The second kappa shape index (κ2) is 6.59. The Hall–Kier alpha value is -1.63. The number of carbonyl (C=O) groups excluding carboxylic acids is 3. The quantitative estimate of drug-likeness (QED) is 0.764. The van der Waals surface area contributed by atoms with E-state index < -0.39 is 6.04 Å². The van der Waals surface area contributed by atoms with Crippen LogP contribution in [0, 0.1) is 5.92 Å². The number of piperazine rings is 1. The average molecular weight is 348 g/mol. The van der Waals surface area contributed by atoms with E-state index in [4.69, 9.17) is 0 Å². The highest BCUT2D eigenvalue weighted by Gasteiger charge is 2.49. The summed E-state index contributed by atoms with van der Waals surface area (Å²) in [7, 11) is 0. The molecule has 25 heavy (non-hydrogen) atoms. The van der Waals surface area contributed by atoms with E-state index in [9.17, 15) is 14.4 Å². The molecule has 2 saturated carbocycles. The van der Waals surface area contributed by atoms with Gasteiger partial charge >= 0.3 is 0 Å². The first-order valence-corrected chi connectivity index (χ1v) is 9.65. The first-order valence-electron chi connectivity index (χ1n) is 9.65. The van der Waals surface area contributed by atoms with Crippen LogP contribution in [0.5, 0.6) is 0 Å². The second-order valence-corrected chi connectivity index (χ2v) is 7.90. The molecule has 2 saturated heterocycles. The zero-order valence-corrected chi connectivity index (χ0v) is 14.9. The van der Waals surface area contributed by atoms with Gasteiger partial charge in [-0.25, -0.2) is 0 Å². The normalized spacial score (nSPS) is 29.6. The van der Waals surface area contributed by atoms with Crippen molar-refractivity contribution in [3.63, 3.8) is 0 Å². The standard InChI is InChI=1S/C18H28N4O3/c1-12(23)21-11-15(22(14-4-5-14)17(24)13-2-3-13)10-16(21)18(25)20-8-6-19-7-9-20/h13-16,19H,2-11H2,1H3. The molecule has 4 fully saturated rings. The summed E-state index contributed by atoms with van der Waals surface area (Å²) in [4.78, 5) is 43.5. The number of carbonyl (C=O) groups is 3. The minimum atomic E-state index is -0.408. The maximum Gasteiger partial charge on any atom is 0.245 e. The minimum absolute atomic E-state index is 0.00126. The first-order chi connectivity index (χ1) is 12.1. The molecular formula is C18H28N4O3. The van der Waals surface area contributed by atoms with Crippen molar-refractivity contribution >= 4 is 17.7 Å². The minimum Gasteiger partial charge on any atom is -0.338 e. The Bertz CT molecular complexity index is 567. The van der Waals surface area contributed by atoms with Gasteiger partial charge in [0.25, 0.3) is 0 Å². The lowest BCUT2D eigenvalue weighted by molar-refractivity contribution is -0.143. The zero-order chi connectivity index (χ0) is 17.6. The van der Waals surface area contributed by atoms with E-state index in [-0.39, 0.29) is 29.7 Å². The molecule has 0 spiro atoms. The molecule has 0 bridgehead atoms. The summed E-state index contributed by atoms with van der Waals surface area (Å²) in [6.45, 7) is 5.03. The smallest absolute Gasteiger partial charge is 0.245 e. The van der Waals surface area contributed by atoms with Crippen LogP contribution in [0.4, 0.5) is 0 Å². The first kappa shape index (κ1) is 16.8. The van der Waals surface area contributed by atoms with Gasteiger partial charge in [-0.15, -0.1) is 0 Å². The summed E-state index contributed by atoms with van der Waals surface area (Å²) in [6, 6.07) is -0.0739. The summed E-state index contributed by atoms with van der Waals surface area (Å²) in [5.41, 5.74) is 0. The summed E-state index contributed by atoms with van der Waals surface area (Å²) in [5, 5.41) is 3.25. The van der Waals surface area contributed by atoms with Crippen LogP contribution in [-0.4, -0.2) is 83.3 Å². The van der Waals surface area contributed by atoms with Crippen LogP contribution < -0.4 is 5.32 Å². The van der Waals surface area contributed by atoms with Gasteiger partial charge in [-0.1, -0.05) is 0 Å². The number of hydrogen-bond acceptors (Lipinski definition) is 4. The summed E-state index contributed by atoms with van der Waals surface area (Å²) < 4.78 is 0. The highest BCUT2D eigenvalue weighted by atomic mass is 16.2. The van der Waals surface area contributed by atoms with Crippen molar-refractivity contribution in [2.24, 2.45) is 5.92 Å². The van der Waals surface area contributed by atoms with Crippen LogP contribution in [-0.2, 0) is 14.4 Å². The molecule has 4 rings (SSSR count). The number of hydrogen-bond donors (Lipinski definition) is 1. The lowest BCUT2D eigenvalue weighted by atomic mass is 10.1. The Morgan fingerprint density at radius 3 is 2.24 bits per heavy atom. The van der Waals surface area contributed by atoms with Crippen molar-refractivity contribution in [3.05, 3.63) is 0 Å². The van der Waals surface area contributed by atoms with Crippen LogP contribution >= 0.6 is 0 Å². The molecule has 3 amide bonds. The number of rotatable bonds is 4. The van der Waals surface area contributed by atoms with Crippen molar-refractivity contribution in [2.75, 3.05) is 32.7 Å². The van der Waals surface area contributed by atoms with E-state index >= 15 is 0 Å². The number of amides is 3. The SMILES string of the molecule is CC(=O)N1CC(N(C(=O)C2CC2)C2CC2)CC1C(=O)N1CCNCC1. The highest BCUT2D eigenvalue weighted by Crippen LogP contribution is 2.39. The summed E-state index contributed by atoms with van der Waals surface area (Å²) in [6.07, 6.45) is 4.71. The van der Waals surface area contributed by atoms with Crippen molar-refractivity contribution in [3.8, 4) is 0 Å². The van der Waals surface area contributed by atoms with Gasteiger partial charge in [-0.05, 0) is 32.1 Å². The molecule has 2 atom stereocenters. The fourth-order valence-corrected chi connectivity index (χ4v) is 4.25. The molecule has 138 valence electrons. The van der Waals surface area contributed by atoms with E-state index in [0.717, 1.165) is 38.8 Å². The third kappa shape index (κ3) is 3.38. The largest absolute Gasteiger partial charge is 0.338 e. The molecule has 0 aromatic heterocycles. The van der Waals surface area contributed by atoms with Crippen molar-refractivity contribution in [1.29, 1.82) is 0 Å². The maximum atomic E-state index is 13.0. The predicted molar refractivity (Wildman–Crippen MR) is 91.6 cm³/mol. The van der Waals surface area contributed by atoms with Gasteiger partial charge in [0, 0.05) is 51.6 Å². The fraction of sp³-hybridized carbons (Fsp3) is 0.833. The van der Waals surface area contributed by atoms with E-state index in [1.165, 1.54) is 6.92 Å². The van der Waals surface area contributed by atoms with Crippen molar-refractivity contribution < 1.29 is 14.4 Å². The molecule has 4 aliphatic rings. The Balaban J connectivity index is 1.50. The third-order valence-corrected chi connectivity index (χ3v) is 5.91. The topological polar surface area (TPSA) is 73.0 Å². The summed E-state index contributed by atoms with van der Waals surface area (Å²) >= 11 is 0. The molecule has 7 heteroatoms. The fourth-order valence-electron chi connectivity index (χ4n) is 4.25. The van der Waals surface area contributed by atoms with Gasteiger partial charge in [0.2, 0.25) is 17.7 Å². The number of nitrogens with one attached hydrogen (secondary N) is 1. The number of nitrogens with zero attached hydrogens (tertiary/aromatic N) is 3. The third-order valence-electron chi connectivity index (χ3n) is 5.91. The lowest BCUT2D eigenvalue weighted by Crippen LogP contribution is -2.53. The molecule has 2 unspecified atom stereocenters. The Morgan fingerprint density at radius 1 is 1.00 bits per heavy atom. The monoisotopic (exact) mass is 348 g/mol. The van der Waals surface area contributed by atoms with Crippen LogP contribution in [0.25, 0.3) is 0 Å². The predicted octanol–water partition coefficient (Wildman–Crippen LogP) is -0.191. The van der Waals surface area contributed by atoms with Crippen LogP contribution in [0.1, 0.15) is 39.0 Å². The van der Waals surface area contributed by atoms with Gasteiger partial charge in [-0.3, -0.25) is 14.4 Å². The second-order valence-electron chi connectivity index (χ2n) is 7.90. The van der Waals surface area contributed by atoms with Crippen molar-refractivity contribution in [1.82, 2.24) is 20.0 Å². The van der Waals surface area contributed by atoms with E-state index in [0.29, 0.717) is 32.1 Å². The van der Waals surface area contributed by atoms with Crippen LogP contribution in [0.15, 0.2) is 0 Å². The van der Waals surface area contributed by atoms with E-state index in [2.05, 4.69) is 5.32 Å². The van der Waals surface area contributed by atoms with Gasteiger partial charge < -0.3 is 20.0 Å². The van der Waals surface area contributed by atoms with Gasteiger partial charge in [0.15, 0.2) is 0 Å². The number of likely N-dealkylation sites (tertiary alicyclic amines) is 1. The lowest BCUT2D eigenvalue weighted by Gasteiger charge is -2.32. The Kier molecular flexibility index (Phi) is 4.43. The van der Waals surface area contributed by atoms with Gasteiger partial charge in [-0.2, -0.15) is 0 Å². The molecule has 2 heterocycles. The summed E-state index contributed by atoms with van der Waals surface area (Å²) in [5.74, 6) is 0.431. The molecule has 0 aromatic carbocycles. The molecule has 0 radical (unpaired) electrons. The zero-order valence-electron chi connectivity index (χ0n) is 14.9. The highest BCUT2D eigenvalue weighted by molar-refractivity contribution is 5.88. The molecule has 0 aromatic rings. The van der Waals surface area contributed by atoms with Gasteiger partial charge in [0.05, 0.1) is 6.04 Å². The van der Waals surface area contributed by atoms with Crippen molar-refractivity contribution in [2.45, 2.75) is 57.2 Å².